The van der Waals surface area contributed by atoms with Gasteiger partial charge in [0.15, 0.2) is 5.82 Å². The number of rotatable bonds is 3. The Hall–Kier alpha value is -3.27. The summed E-state index contributed by atoms with van der Waals surface area (Å²) in [4.78, 5) is 14.2. The maximum Gasteiger partial charge on any atom is 0.179 e. The minimum absolute atomic E-state index is 0.617. The average molecular weight is 341 g/mol. The van der Waals surface area contributed by atoms with Gasteiger partial charge in [0.25, 0.3) is 0 Å². The van der Waals surface area contributed by atoms with Crippen molar-refractivity contribution in [2.75, 3.05) is 7.11 Å². The fourth-order valence-electron chi connectivity index (χ4n) is 3.07. The van der Waals surface area contributed by atoms with Gasteiger partial charge in [0.2, 0.25) is 0 Å². The first-order chi connectivity index (χ1) is 12.7. The van der Waals surface area contributed by atoms with Gasteiger partial charge in [-0.3, -0.25) is 0 Å². The van der Waals surface area contributed by atoms with E-state index in [0.29, 0.717) is 5.82 Å². The molecule has 4 aromatic rings. The molecule has 0 aliphatic heterocycles. The normalized spacial score (nSPS) is 10.9. The van der Waals surface area contributed by atoms with E-state index in [1.54, 1.807) is 7.11 Å². The lowest BCUT2D eigenvalue weighted by Crippen LogP contribution is -1.98. The molecule has 0 amide bonds. The van der Waals surface area contributed by atoms with Crippen molar-refractivity contribution in [1.82, 2.24) is 15.0 Å². The molecule has 4 nitrogen and oxygen atoms in total. The number of pyridine rings is 1. The molecule has 0 saturated carbocycles. The molecule has 128 valence electrons. The molecule has 0 unspecified atom stereocenters. The van der Waals surface area contributed by atoms with Crippen LogP contribution in [0.1, 0.15) is 11.3 Å². The zero-order valence-corrected chi connectivity index (χ0v) is 15.0. The number of methoxy groups -OCH3 is 1. The number of fused-ring (bicyclic) bond motifs is 1. The maximum atomic E-state index is 5.59. The summed E-state index contributed by atoms with van der Waals surface area (Å²) >= 11 is 0. The Labute approximate surface area is 152 Å². The Kier molecular flexibility index (Phi) is 4.09. The number of hydrogen-bond donors (Lipinski definition) is 0. The summed E-state index contributed by atoms with van der Waals surface area (Å²) in [5.74, 6) is 1.41. The van der Waals surface area contributed by atoms with Gasteiger partial charge in [-0.2, -0.15) is 0 Å². The van der Waals surface area contributed by atoms with E-state index >= 15 is 0 Å². The molecule has 4 heteroatoms. The molecule has 0 saturated heterocycles. The van der Waals surface area contributed by atoms with Crippen molar-refractivity contribution < 1.29 is 4.74 Å². The van der Waals surface area contributed by atoms with E-state index in [0.717, 1.165) is 44.9 Å². The standard InChI is InChI=1S/C22H19N3O/c1-14-11-12-20(26-3)17(13-14)21-16-8-4-5-9-18(16)24-22(25-21)19-10-6-7-15(2)23-19/h4-13H,1-3H3. The van der Waals surface area contributed by atoms with Gasteiger partial charge in [-0.25, -0.2) is 15.0 Å². The number of nitrogens with zero attached hydrogens (tertiary/aromatic N) is 3. The van der Waals surface area contributed by atoms with E-state index in [-0.39, 0.29) is 0 Å². The molecular formula is C22H19N3O. The highest BCUT2D eigenvalue weighted by molar-refractivity contribution is 5.95. The van der Waals surface area contributed by atoms with E-state index in [9.17, 15) is 0 Å². The van der Waals surface area contributed by atoms with Gasteiger partial charge in [0.05, 0.1) is 18.3 Å². The minimum Gasteiger partial charge on any atom is -0.496 e. The fourth-order valence-corrected chi connectivity index (χ4v) is 3.07. The second-order valence-electron chi connectivity index (χ2n) is 6.28. The molecule has 0 N–H and O–H groups in total. The summed E-state index contributed by atoms with van der Waals surface area (Å²) < 4.78 is 5.59. The lowest BCUT2D eigenvalue weighted by atomic mass is 10.0. The Morgan fingerprint density at radius 3 is 2.46 bits per heavy atom. The van der Waals surface area contributed by atoms with Crippen molar-refractivity contribution in [1.29, 1.82) is 0 Å². The summed E-state index contributed by atoms with van der Waals surface area (Å²) in [5, 5.41) is 0.993. The van der Waals surface area contributed by atoms with Crippen molar-refractivity contribution in [3.05, 3.63) is 71.9 Å². The Morgan fingerprint density at radius 2 is 1.65 bits per heavy atom. The van der Waals surface area contributed by atoms with Crippen molar-refractivity contribution in [3.8, 4) is 28.5 Å². The maximum absolute atomic E-state index is 5.59. The van der Waals surface area contributed by atoms with Crippen LogP contribution in [0.2, 0.25) is 0 Å². The van der Waals surface area contributed by atoms with Gasteiger partial charge < -0.3 is 4.74 Å². The Balaban J connectivity index is 2.04. The first-order valence-corrected chi connectivity index (χ1v) is 8.51. The Morgan fingerprint density at radius 1 is 0.808 bits per heavy atom. The van der Waals surface area contributed by atoms with E-state index < -0.39 is 0 Å². The van der Waals surface area contributed by atoms with Gasteiger partial charge in [0.1, 0.15) is 11.4 Å². The van der Waals surface area contributed by atoms with Crippen LogP contribution in [0.5, 0.6) is 5.75 Å². The van der Waals surface area contributed by atoms with Crippen LogP contribution in [-0.2, 0) is 0 Å². The fraction of sp³-hybridized carbons (Fsp3) is 0.136. The van der Waals surface area contributed by atoms with Crippen LogP contribution in [0.3, 0.4) is 0 Å². The third-order valence-corrected chi connectivity index (χ3v) is 4.33. The largest absolute Gasteiger partial charge is 0.496 e. The smallest absolute Gasteiger partial charge is 0.179 e. The lowest BCUT2D eigenvalue weighted by Gasteiger charge is -2.13. The molecule has 2 aromatic carbocycles. The second-order valence-corrected chi connectivity index (χ2v) is 6.28. The summed E-state index contributed by atoms with van der Waals surface area (Å²) in [6.45, 7) is 4.03. The highest BCUT2D eigenvalue weighted by Crippen LogP contribution is 2.35. The lowest BCUT2D eigenvalue weighted by molar-refractivity contribution is 0.416. The Bertz CT molecular complexity index is 1110. The SMILES string of the molecule is COc1ccc(C)cc1-c1nc(-c2cccc(C)n2)nc2ccccc12. The van der Waals surface area contributed by atoms with E-state index in [2.05, 4.69) is 18.0 Å². The molecule has 0 fully saturated rings. The van der Waals surface area contributed by atoms with Crippen molar-refractivity contribution in [3.63, 3.8) is 0 Å². The number of para-hydroxylation sites is 1. The molecule has 0 bridgehead atoms. The van der Waals surface area contributed by atoms with Gasteiger partial charge in [-0.15, -0.1) is 0 Å². The molecule has 0 aliphatic carbocycles. The molecular weight excluding hydrogens is 322 g/mol. The van der Waals surface area contributed by atoms with Gasteiger partial charge in [-0.05, 0) is 44.2 Å². The number of hydrogen-bond acceptors (Lipinski definition) is 4. The van der Waals surface area contributed by atoms with Crippen LogP contribution in [-0.4, -0.2) is 22.1 Å². The molecule has 0 radical (unpaired) electrons. The quantitative estimate of drug-likeness (QED) is 0.527. The topological polar surface area (TPSA) is 47.9 Å². The van der Waals surface area contributed by atoms with Gasteiger partial charge in [-0.1, -0.05) is 35.9 Å². The molecule has 0 spiro atoms. The molecule has 0 aliphatic rings. The molecule has 2 aromatic heterocycles. The predicted octanol–water partition coefficient (Wildman–Crippen LogP) is 4.98. The molecule has 2 heterocycles. The highest BCUT2D eigenvalue weighted by Gasteiger charge is 2.15. The summed E-state index contributed by atoms with van der Waals surface area (Å²) in [6, 6.07) is 20.0. The zero-order valence-electron chi connectivity index (χ0n) is 15.0. The number of aromatic nitrogens is 3. The third kappa shape index (κ3) is 2.90. The van der Waals surface area contributed by atoms with E-state index in [1.165, 1.54) is 0 Å². The first-order valence-electron chi connectivity index (χ1n) is 8.51. The van der Waals surface area contributed by atoms with Gasteiger partial charge >= 0.3 is 0 Å². The zero-order chi connectivity index (χ0) is 18.1. The number of ether oxygens (including phenoxy) is 1. The van der Waals surface area contributed by atoms with Crippen LogP contribution in [0.15, 0.2) is 60.7 Å². The van der Waals surface area contributed by atoms with Crippen LogP contribution in [0, 0.1) is 13.8 Å². The molecule has 26 heavy (non-hydrogen) atoms. The molecule has 4 rings (SSSR count). The first kappa shape index (κ1) is 16.2. The van der Waals surface area contributed by atoms with Crippen LogP contribution < -0.4 is 4.74 Å². The molecule has 0 atom stereocenters. The summed E-state index contributed by atoms with van der Waals surface area (Å²) in [6.07, 6.45) is 0. The van der Waals surface area contributed by atoms with Gasteiger partial charge in [0, 0.05) is 16.6 Å². The van der Waals surface area contributed by atoms with Crippen LogP contribution in [0.4, 0.5) is 0 Å². The predicted molar refractivity (Wildman–Crippen MR) is 104 cm³/mol. The number of benzene rings is 2. The minimum atomic E-state index is 0.617. The van der Waals surface area contributed by atoms with Crippen molar-refractivity contribution in [2.24, 2.45) is 0 Å². The van der Waals surface area contributed by atoms with Crippen LogP contribution >= 0.6 is 0 Å². The van der Waals surface area contributed by atoms with Crippen molar-refractivity contribution in [2.45, 2.75) is 13.8 Å². The van der Waals surface area contributed by atoms with Crippen LogP contribution in [0.25, 0.3) is 33.7 Å². The van der Waals surface area contributed by atoms with Crippen molar-refractivity contribution >= 4 is 10.9 Å². The number of aryl methyl sites for hydroxylation is 2. The monoisotopic (exact) mass is 341 g/mol. The second kappa shape index (κ2) is 6.56. The summed E-state index contributed by atoms with van der Waals surface area (Å²) in [5.41, 5.74) is 5.56. The average Bonchev–Trinajstić information content (AvgIpc) is 2.67. The third-order valence-electron chi connectivity index (χ3n) is 4.33. The highest BCUT2D eigenvalue weighted by atomic mass is 16.5. The van der Waals surface area contributed by atoms with E-state index in [4.69, 9.17) is 14.7 Å². The summed E-state index contributed by atoms with van der Waals surface area (Å²) in [7, 11) is 1.68. The van der Waals surface area contributed by atoms with E-state index in [1.807, 2.05) is 61.5 Å².